The Bertz CT molecular complexity index is 1300. The van der Waals surface area contributed by atoms with Gasteiger partial charge in [-0.25, -0.2) is 4.68 Å². The number of halogens is 3. The lowest BCUT2D eigenvalue weighted by Crippen LogP contribution is -2.43. The highest BCUT2D eigenvalue weighted by atomic mass is 19.4. The largest absolute Gasteiger partial charge is 0.416 e. The van der Waals surface area contributed by atoms with E-state index in [9.17, 15) is 23.1 Å². The SMILES string of the molecule is CC(C)(O)C1CCN(c2nc(NC3CC(C(N)=O)C3)nc3c2cnn3-c2cccc(C(F)(F)F)c2)CC1. The number of piperidine rings is 1. The Labute approximate surface area is 211 Å². The topological polar surface area (TPSA) is 122 Å². The van der Waals surface area contributed by atoms with Gasteiger partial charge >= 0.3 is 6.18 Å². The second-order valence-electron chi connectivity index (χ2n) is 10.5. The van der Waals surface area contributed by atoms with Crippen molar-refractivity contribution >= 4 is 28.7 Å². The number of nitrogens with one attached hydrogen (secondary N) is 1. The van der Waals surface area contributed by atoms with Gasteiger partial charge in [0.15, 0.2) is 5.65 Å². The van der Waals surface area contributed by atoms with Crippen LogP contribution in [-0.4, -0.2) is 55.5 Å². The maximum Gasteiger partial charge on any atom is 0.416 e. The third-order valence-electron chi connectivity index (χ3n) is 7.49. The zero-order chi connectivity index (χ0) is 26.5. The van der Waals surface area contributed by atoms with E-state index in [4.69, 9.17) is 10.7 Å². The molecular formula is C25H30F3N7O2. The molecule has 198 valence electrons. The van der Waals surface area contributed by atoms with E-state index < -0.39 is 17.3 Å². The minimum atomic E-state index is -4.49. The van der Waals surface area contributed by atoms with Gasteiger partial charge in [-0.3, -0.25) is 4.79 Å². The van der Waals surface area contributed by atoms with Crippen LogP contribution in [0, 0.1) is 11.8 Å². The summed E-state index contributed by atoms with van der Waals surface area (Å²) in [5, 5.41) is 18.7. The van der Waals surface area contributed by atoms with Gasteiger partial charge in [0.1, 0.15) is 5.82 Å². The number of rotatable bonds is 6. The first-order chi connectivity index (χ1) is 17.4. The molecule has 0 atom stereocenters. The van der Waals surface area contributed by atoms with Crippen LogP contribution in [0.4, 0.5) is 24.9 Å². The Morgan fingerprint density at radius 3 is 2.49 bits per heavy atom. The number of anilines is 2. The van der Waals surface area contributed by atoms with Crippen molar-refractivity contribution in [3.8, 4) is 5.69 Å². The van der Waals surface area contributed by atoms with Crippen LogP contribution in [0.5, 0.6) is 0 Å². The van der Waals surface area contributed by atoms with E-state index in [0.717, 1.165) is 25.0 Å². The zero-order valence-corrected chi connectivity index (χ0v) is 20.7. The number of nitrogens with zero attached hydrogens (tertiary/aromatic N) is 5. The van der Waals surface area contributed by atoms with Crippen molar-refractivity contribution in [2.45, 2.75) is 57.3 Å². The molecule has 1 aliphatic carbocycles. The summed E-state index contributed by atoms with van der Waals surface area (Å²) in [6.45, 7) is 4.94. The number of aliphatic hydroxyl groups is 1. The fraction of sp³-hybridized carbons (Fsp3) is 0.520. The number of nitrogens with two attached hydrogens (primary N) is 1. The first-order valence-electron chi connectivity index (χ1n) is 12.4. The molecule has 3 aromatic rings. The van der Waals surface area contributed by atoms with Crippen LogP contribution >= 0.6 is 0 Å². The molecule has 2 fully saturated rings. The van der Waals surface area contributed by atoms with Crippen LogP contribution in [0.2, 0.25) is 0 Å². The quantitative estimate of drug-likeness (QED) is 0.458. The molecule has 1 aromatic carbocycles. The van der Waals surface area contributed by atoms with Crippen LogP contribution in [0.25, 0.3) is 16.7 Å². The van der Waals surface area contributed by atoms with Crippen molar-refractivity contribution in [2.75, 3.05) is 23.3 Å². The molecule has 1 saturated heterocycles. The number of carbonyl (C=O) groups is 1. The highest BCUT2D eigenvalue weighted by Crippen LogP contribution is 2.36. The lowest BCUT2D eigenvalue weighted by molar-refractivity contribution is -0.137. The van der Waals surface area contributed by atoms with Gasteiger partial charge in [-0.2, -0.15) is 28.2 Å². The molecular weight excluding hydrogens is 487 g/mol. The molecule has 0 radical (unpaired) electrons. The van der Waals surface area contributed by atoms with E-state index in [0.29, 0.717) is 48.7 Å². The number of hydrogen-bond acceptors (Lipinski definition) is 7. The monoisotopic (exact) mass is 517 g/mol. The van der Waals surface area contributed by atoms with E-state index in [1.807, 2.05) is 13.8 Å². The first kappa shape index (κ1) is 25.2. The van der Waals surface area contributed by atoms with E-state index in [1.54, 1.807) is 12.3 Å². The number of carbonyl (C=O) groups excluding carboxylic acids is 1. The summed E-state index contributed by atoms with van der Waals surface area (Å²) in [4.78, 5) is 22.9. The zero-order valence-electron chi connectivity index (χ0n) is 20.7. The molecule has 37 heavy (non-hydrogen) atoms. The number of hydrogen-bond donors (Lipinski definition) is 3. The third kappa shape index (κ3) is 5.07. The molecule has 12 heteroatoms. The molecule has 0 bridgehead atoms. The Balaban J connectivity index is 1.52. The Morgan fingerprint density at radius 2 is 1.86 bits per heavy atom. The predicted molar refractivity (Wildman–Crippen MR) is 132 cm³/mol. The van der Waals surface area contributed by atoms with E-state index in [-0.39, 0.29) is 29.5 Å². The summed E-state index contributed by atoms with van der Waals surface area (Å²) >= 11 is 0. The van der Waals surface area contributed by atoms with Crippen LogP contribution in [0.3, 0.4) is 0 Å². The van der Waals surface area contributed by atoms with Gasteiger partial charge in [-0.1, -0.05) is 6.07 Å². The second kappa shape index (κ2) is 9.16. The number of primary amides is 1. The molecule has 0 spiro atoms. The van der Waals surface area contributed by atoms with Gasteiger partial charge < -0.3 is 21.1 Å². The Morgan fingerprint density at radius 1 is 1.16 bits per heavy atom. The average Bonchev–Trinajstić information content (AvgIpc) is 3.23. The Hall–Kier alpha value is -3.41. The number of benzene rings is 1. The molecule has 1 aliphatic heterocycles. The van der Waals surface area contributed by atoms with Gasteiger partial charge in [-0.05, 0) is 63.6 Å². The van der Waals surface area contributed by atoms with Gasteiger partial charge in [0.05, 0.1) is 28.4 Å². The molecule has 1 amide bonds. The lowest BCUT2D eigenvalue weighted by Gasteiger charge is -2.38. The van der Waals surface area contributed by atoms with Gasteiger partial charge in [0.25, 0.3) is 0 Å². The van der Waals surface area contributed by atoms with Crippen molar-refractivity contribution < 1.29 is 23.1 Å². The van der Waals surface area contributed by atoms with Crippen LogP contribution < -0.4 is 16.0 Å². The highest BCUT2D eigenvalue weighted by molar-refractivity contribution is 5.89. The minimum Gasteiger partial charge on any atom is -0.390 e. The lowest BCUT2D eigenvalue weighted by atomic mass is 9.80. The summed E-state index contributed by atoms with van der Waals surface area (Å²) in [6, 6.07) is 4.91. The molecule has 9 nitrogen and oxygen atoms in total. The molecule has 2 aliphatic rings. The van der Waals surface area contributed by atoms with E-state index in [1.165, 1.54) is 10.7 Å². The minimum absolute atomic E-state index is 0.0337. The van der Waals surface area contributed by atoms with Crippen LogP contribution in [0.1, 0.15) is 45.1 Å². The fourth-order valence-corrected chi connectivity index (χ4v) is 5.15. The summed E-state index contributed by atoms with van der Waals surface area (Å²) in [5.74, 6) is 0.552. The standard InChI is InChI=1S/C25H30F3N7O2/c1-24(2,37)15-6-8-34(9-7-15)21-19-13-30-35(18-5-3-4-16(12-18)25(26,27)28)22(19)33-23(32-21)31-17-10-14(11-17)20(29)36/h3-5,12-15,17,37H,6-11H2,1-2H3,(H2,29,36)(H,31,32,33). The van der Waals surface area contributed by atoms with Gasteiger partial charge in [0, 0.05) is 25.0 Å². The average molecular weight is 518 g/mol. The van der Waals surface area contributed by atoms with Crippen molar-refractivity contribution in [3.05, 3.63) is 36.0 Å². The normalized spacial score (nSPS) is 21.2. The van der Waals surface area contributed by atoms with Gasteiger partial charge in [-0.15, -0.1) is 0 Å². The Kier molecular flexibility index (Phi) is 6.25. The predicted octanol–water partition coefficient (Wildman–Crippen LogP) is 3.50. The van der Waals surface area contributed by atoms with Crippen molar-refractivity contribution in [2.24, 2.45) is 17.6 Å². The molecule has 4 N–H and O–H groups in total. The second-order valence-corrected chi connectivity index (χ2v) is 10.5. The molecule has 0 unspecified atom stereocenters. The van der Waals surface area contributed by atoms with Crippen molar-refractivity contribution in [3.63, 3.8) is 0 Å². The summed E-state index contributed by atoms with van der Waals surface area (Å²) < 4.78 is 41.5. The number of alkyl halides is 3. The number of fused-ring (bicyclic) bond motifs is 1. The molecule has 2 aromatic heterocycles. The summed E-state index contributed by atoms with van der Waals surface area (Å²) in [7, 11) is 0. The van der Waals surface area contributed by atoms with Gasteiger partial charge in [0.2, 0.25) is 11.9 Å². The van der Waals surface area contributed by atoms with Crippen LogP contribution in [0.15, 0.2) is 30.5 Å². The van der Waals surface area contributed by atoms with Crippen molar-refractivity contribution in [1.82, 2.24) is 19.7 Å². The van der Waals surface area contributed by atoms with E-state index in [2.05, 4.69) is 20.3 Å². The molecule has 3 heterocycles. The van der Waals surface area contributed by atoms with E-state index >= 15 is 0 Å². The molecule has 5 rings (SSSR count). The molecule has 1 saturated carbocycles. The van der Waals surface area contributed by atoms with Crippen LogP contribution in [-0.2, 0) is 11.0 Å². The maximum absolute atomic E-state index is 13.4. The third-order valence-corrected chi connectivity index (χ3v) is 7.49. The smallest absolute Gasteiger partial charge is 0.390 e. The highest BCUT2D eigenvalue weighted by Gasteiger charge is 2.35. The maximum atomic E-state index is 13.4. The number of amides is 1. The number of aromatic nitrogens is 4. The summed E-state index contributed by atoms with van der Waals surface area (Å²) in [6.07, 6.45) is -0.252. The van der Waals surface area contributed by atoms with Crippen molar-refractivity contribution in [1.29, 1.82) is 0 Å². The summed E-state index contributed by atoms with van der Waals surface area (Å²) in [5.41, 5.74) is 4.44. The fourth-order valence-electron chi connectivity index (χ4n) is 5.15. The first-order valence-corrected chi connectivity index (χ1v) is 12.4.